The molecular formula is C31H36N6S2. The maximum absolute atomic E-state index is 5.02. The van der Waals surface area contributed by atoms with E-state index in [-0.39, 0.29) is 5.37 Å². The van der Waals surface area contributed by atoms with Gasteiger partial charge in [0.25, 0.3) is 0 Å². The van der Waals surface area contributed by atoms with Crippen molar-refractivity contribution in [3.8, 4) is 11.1 Å². The zero-order valence-electron chi connectivity index (χ0n) is 22.5. The van der Waals surface area contributed by atoms with Crippen LogP contribution in [-0.2, 0) is 13.1 Å². The molecule has 39 heavy (non-hydrogen) atoms. The molecule has 4 aromatic rings. The van der Waals surface area contributed by atoms with Gasteiger partial charge in [0.15, 0.2) is 0 Å². The molecule has 2 fully saturated rings. The molecule has 5 heterocycles. The molecule has 2 saturated heterocycles. The first-order valence-electron chi connectivity index (χ1n) is 14.2. The van der Waals surface area contributed by atoms with E-state index < -0.39 is 0 Å². The lowest BCUT2D eigenvalue weighted by atomic mass is 10.1. The number of rotatable bonds is 5. The van der Waals surface area contributed by atoms with Crippen molar-refractivity contribution in [3.05, 3.63) is 76.4 Å². The quantitative estimate of drug-likeness (QED) is 0.317. The summed E-state index contributed by atoms with van der Waals surface area (Å²) in [7, 11) is 0. The third-order valence-corrected chi connectivity index (χ3v) is 10.0. The van der Waals surface area contributed by atoms with Crippen LogP contribution in [0, 0.1) is 6.92 Å². The average molecular weight is 557 g/mol. The smallest absolute Gasteiger partial charge is 0.141 e. The summed E-state index contributed by atoms with van der Waals surface area (Å²) in [5, 5.41) is 7.22. The number of anilines is 1. The van der Waals surface area contributed by atoms with Crippen molar-refractivity contribution in [2.24, 2.45) is 0 Å². The summed E-state index contributed by atoms with van der Waals surface area (Å²) in [5.74, 6) is 1.94. The highest BCUT2D eigenvalue weighted by Gasteiger charge is 2.33. The van der Waals surface area contributed by atoms with E-state index in [4.69, 9.17) is 22.6 Å². The van der Waals surface area contributed by atoms with E-state index in [2.05, 4.69) is 73.9 Å². The summed E-state index contributed by atoms with van der Waals surface area (Å²) < 4.78 is 0. The van der Waals surface area contributed by atoms with E-state index in [0.29, 0.717) is 6.04 Å². The fourth-order valence-electron chi connectivity index (χ4n) is 6.52. The van der Waals surface area contributed by atoms with Crippen LogP contribution >= 0.6 is 24.0 Å². The first-order chi connectivity index (χ1) is 19.1. The van der Waals surface area contributed by atoms with Crippen molar-refractivity contribution in [1.82, 2.24) is 25.1 Å². The maximum Gasteiger partial charge on any atom is 0.141 e. The largest absolute Gasteiger partial charge is 0.353 e. The summed E-state index contributed by atoms with van der Waals surface area (Å²) in [5.41, 5.74) is 6.74. The standard InChI is InChI=1S/C31H36N6S2/c1-21-33-29(28-27(20-39-30(28)34-21)23-6-3-2-4-7-23)36-14-12-35(13-15-36)18-22-9-10-26-24(16-22)19-37(31(26)38)25-8-5-11-32-17-25/h2-4,6-7,9-10,16,20,25,31-32,38H,5,8,11-15,17-19H2,1H3. The number of nitrogens with zero attached hydrogens (tertiary/aromatic N) is 5. The second-order valence-electron chi connectivity index (χ2n) is 11.1. The summed E-state index contributed by atoms with van der Waals surface area (Å²) in [6, 6.07) is 18.3. The summed E-state index contributed by atoms with van der Waals surface area (Å²) in [6.45, 7) is 10.3. The Morgan fingerprint density at radius 3 is 2.69 bits per heavy atom. The van der Waals surface area contributed by atoms with E-state index in [0.717, 1.165) is 68.8 Å². The predicted molar refractivity (Wildman–Crippen MR) is 165 cm³/mol. The Bertz CT molecular complexity index is 1460. The highest BCUT2D eigenvalue weighted by Crippen LogP contribution is 2.40. The molecule has 2 atom stereocenters. The van der Waals surface area contributed by atoms with Crippen LogP contribution in [0.15, 0.2) is 53.9 Å². The molecule has 0 radical (unpaired) electrons. The van der Waals surface area contributed by atoms with Crippen LogP contribution in [0.1, 0.15) is 40.7 Å². The molecule has 2 aromatic heterocycles. The molecule has 6 nitrogen and oxygen atoms in total. The Labute approximate surface area is 240 Å². The highest BCUT2D eigenvalue weighted by atomic mass is 32.1. The van der Waals surface area contributed by atoms with Gasteiger partial charge in [-0.15, -0.1) is 11.3 Å². The van der Waals surface area contributed by atoms with Crippen LogP contribution in [0.5, 0.6) is 0 Å². The number of benzene rings is 2. The number of nitrogens with one attached hydrogen (secondary N) is 1. The summed E-state index contributed by atoms with van der Waals surface area (Å²) in [6.07, 6.45) is 2.53. The van der Waals surface area contributed by atoms with Gasteiger partial charge in [-0.25, -0.2) is 9.97 Å². The molecule has 0 spiro atoms. The van der Waals surface area contributed by atoms with Gasteiger partial charge in [-0.1, -0.05) is 48.5 Å². The average Bonchev–Trinajstić information content (AvgIpc) is 3.55. The number of piperidine rings is 1. The van der Waals surface area contributed by atoms with E-state index >= 15 is 0 Å². The molecule has 0 saturated carbocycles. The second-order valence-corrected chi connectivity index (χ2v) is 12.5. The van der Waals surface area contributed by atoms with Crippen molar-refractivity contribution in [2.75, 3.05) is 44.2 Å². The monoisotopic (exact) mass is 556 g/mol. The number of piperazine rings is 1. The molecule has 202 valence electrons. The van der Waals surface area contributed by atoms with Gasteiger partial charge in [-0.05, 0) is 48.6 Å². The van der Waals surface area contributed by atoms with Gasteiger partial charge in [0.05, 0.1) is 10.8 Å². The Morgan fingerprint density at radius 1 is 1.05 bits per heavy atom. The van der Waals surface area contributed by atoms with Crippen molar-refractivity contribution < 1.29 is 0 Å². The van der Waals surface area contributed by atoms with E-state index in [1.54, 1.807) is 11.3 Å². The number of thiophene rings is 1. The highest BCUT2D eigenvalue weighted by molar-refractivity contribution is 7.80. The van der Waals surface area contributed by atoms with E-state index in [1.807, 2.05) is 6.92 Å². The summed E-state index contributed by atoms with van der Waals surface area (Å²) >= 11 is 6.74. The van der Waals surface area contributed by atoms with Crippen molar-refractivity contribution in [3.63, 3.8) is 0 Å². The normalized spacial score (nSPS) is 22.5. The second kappa shape index (κ2) is 10.8. The molecule has 3 aliphatic heterocycles. The molecule has 0 aliphatic carbocycles. The lowest BCUT2D eigenvalue weighted by Gasteiger charge is -2.36. The van der Waals surface area contributed by atoms with Crippen LogP contribution in [0.2, 0.25) is 0 Å². The van der Waals surface area contributed by atoms with Gasteiger partial charge < -0.3 is 10.2 Å². The van der Waals surface area contributed by atoms with E-state index in [9.17, 15) is 0 Å². The topological polar surface area (TPSA) is 47.5 Å². The lowest BCUT2D eigenvalue weighted by Crippen LogP contribution is -2.46. The summed E-state index contributed by atoms with van der Waals surface area (Å²) in [4.78, 5) is 18.5. The molecule has 2 unspecified atom stereocenters. The number of fused-ring (bicyclic) bond motifs is 2. The molecule has 8 heteroatoms. The fourth-order valence-corrected chi connectivity index (χ4v) is 8.02. The van der Waals surface area contributed by atoms with Gasteiger partial charge in [-0.2, -0.15) is 12.6 Å². The number of aryl methyl sites for hydroxylation is 1. The molecule has 2 aromatic carbocycles. The zero-order chi connectivity index (χ0) is 26.3. The maximum atomic E-state index is 5.02. The SMILES string of the molecule is Cc1nc(N2CCN(Cc3ccc4c(c3)CN(C3CCCNC3)C4S)CC2)c2c(-c3ccccc3)csc2n1. The molecular weight excluding hydrogens is 521 g/mol. The van der Waals surface area contributed by atoms with Gasteiger partial charge in [-0.3, -0.25) is 9.80 Å². The molecule has 1 N–H and O–H groups in total. The van der Waals surface area contributed by atoms with Crippen molar-refractivity contribution in [2.45, 2.75) is 44.3 Å². The molecule has 7 rings (SSSR count). The Morgan fingerprint density at radius 2 is 1.90 bits per heavy atom. The third kappa shape index (κ3) is 4.98. The van der Waals surface area contributed by atoms with Crippen LogP contribution < -0.4 is 10.2 Å². The Kier molecular flexibility index (Phi) is 7.07. The minimum Gasteiger partial charge on any atom is -0.353 e. The van der Waals surface area contributed by atoms with Crippen molar-refractivity contribution >= 4 is 40.0 Å². The Hall–Kier alpha value is -2.49. The third-order valence-electron chi connectivity index (χ3n) is 8.58. The van der Waals surface area contributed by atoms with Crippen LogP contribution in [0.25, 0.3) is 21.3 Å². The minimum atomic E-state index is 0.216. The minimum absolute atomic E-state index is 0.216. The van der Waals surface area contributed by atoms with E-state index in [1.165, 1.54) is 46.0 Å². The van der Waals surface area contributed by atoms with Gasteiger partial charge in [0, 0.05) is 62.8 Å². The number of thiol groups is 1. The van der Waals surface area contributed by atoms with Crippen LogP contribution in [0.4, 0.5) is 5.82 Å². The number of aromatic nitrogens is 2. The number of hydrogen-bond donors (Lipinski definition) is 2. The van der Waals surface area contributed by atoms with Gasteiger partial charge in [0.2, 0.25) is 0 Å². The first kappa shape index (κ1) is 25.5. The van der Waals surface area contributed by atoms with Crippen LogP contribution in [-0.4, -0.2) is 65.1 Å². The first-order valence-corrected chi connectivity index (χ1v) is 15.6. The zero-order valence-corrected chi connectivity index (χ0v) is 24.2. The fraction of sp³-hybridized carbons (Fsp3) is 0.419. The van der Waals surface area contributed by atoms with Crippen LogP contribution in [0.3, 0.4) is 0 Å². The molecule has 0 bridgehead atoms. The lowest BCUT2D eigenvalue weighted by molar-refractivity contribution is 0.163. The van der Waals surface area contributed by atoms with Gasteiger partial charge in [0.1, 0.15) is 16.5 Å². The predicted octanol–water partition coefficient (Wildman–Crippen LogP) is 5.48. The van der Waals surface area contributed by atoms with Crippen molar-refractivity contribution in [1.29, 1.82) is 0 Å². The van der Waals surface area contributed by atoms with Gasteiger partial charge >= 0.3 is 0 Å². The Balaban J connectivity index is 1.05. The molecule has 0 amide bonds. The molecule has 3 aliphatic rings. The number of hydrogen-bond acceptors (Lipinski definition) is 8.